The Hall–Kier alpha value is -3.18. The van der Waals surface area contributed by atoms with Crippen LogP contribution in [0.4, 0.5) is 0 Å². The molecule has 0 unspecified atom stereocenters. The number of nitrogens with zero attached hydrogens (tertiary/aromatic N) is 2. The number of fused-ring (bicyclic) bond motifs is 1. The van der Waals surface area contributed by atoms with E-state index in [2.05, 4.69) is 10.6 Å². The molecule has 5 nitrogen and oxygen atoms in total. The minimum absolute atomic E-state index is 0.404. The number of imidazole rings is 1. The van der Waals surface area contributed by atoms with Crippen LogP contribution in [0.1, 0.15) is 24.2 Å². The molecule has 1 aromatic heterocycles. The lowest BCUT2D eigenvalue weighted by molar-refractivity contribution is 0.284. The number of aryl methyl sites for hydroxylation is 2. The molecule has 166 valence electrons. The average molecular weight is 451 g/mol. The average Bonchev–Trinajstić information content (AvgIpc) is 3.17. The van der Waals surface area contributed by atoms with Gasteiger partial charge in [0.15, 0.2) is 0 Å². The lowest BCUT2D eigenvalue weighted by atomic mass is 10.2. The van der Waals surface area contributed by atoms with Gasteiger partial charge in [-0.25, -0.2) is 4.98 Å². The van der Waals surface area contributed by atoms with Gasteiger partial charge in [-0.15, -0.1) is 0 Å². The summed E-state index contributed by atoms with van der Waals surface area (Å²) < 4.78 is 19.3. The van der Waals surface area contributed by atoms with Crippen molar-refractivity contribution in [1.82, 2.24) is 9.55 Å². The first-order valence-electron chi connectivity index (χ1n) is 10.7. The maximum atomic E-state index is 6.08. The molecule has 0 aliphatic carbocycles. The fourth-order valence-corrected chi connectivity index (χ4v) is 3.69. The summed E-state index contributed by atoms with van der Waals surface area (Å²) >= 11 is 6.08. The van der Waals surface area contributed by atoms with E-state index in [-0.39, 0.29) is 0 Å². The highest BCUT2D eigenvalue weighted by molar-refractivity contribution is 6.31. The Balaban J connectivity index is 1.36. The van der Waals surface area contributed by atoms with Crippen molar-refractivity contribution in [2.75, 3.05) is 13.7 Å². The zero-order valence-corrected chi connectivity index (χ0v) is 19.1. The molecule has 6 heteroatoms. The van der Waals surface area contributed by atoms with Crippen LogP contribution in [0.2, 0.25) is 5.02 Å². The summed E-state index contributed by atoms with van der Waals surface area (Å²) in [5.74, 6) is 3.36. The first-order chi connectivity index (χ1) is 15.6. The van der Waals surface area contributed by atoms with Crippen LogP contribution in [0.5, 0.6) is 17.2 Å². The van der Waals surface area contributed by atoms with Crippen molar-refractivity contribution in [3.05, 3.63) is 83.1 Å². The second kappa shape index (κ2) is 10.4. The number of aromatic nitrogens is 2. The van der Waals surface area contributed by atoms with Crippen molar-refractivity contribution in [3.8, 4) is 17.2 Å². The Labute approximate surface area is 193 Å². The van der Waals surface area contributed by atoms with Crippen LogP contribution < -0.4 is 14.2 Å². The largest absolute Gasteiger partial charge is 0.497 e. The van der Waals surface area contributed by atoms with Crippen molar-refractivity contribution in [1.29, 1.82) is 0 Å². The number of methoxy groups -OCH3 is 1. The van der Waals surface area contributed by atoms with E-state index < -0.39 is 0 Å². The summed E-state index contributed by atoms with van der Waals surface area (Å²) in [6, 6.07) is 21.5. The van der Waals surface area contributed by atoms with Crippen LogP contribution >= 0.6 is 11.6 Å². The number of halogens is 1. The molecule has 0 aliphatic rings. The van der Waals surface area contributed by atoms with E-state index in [1.165, 1.54) is 0 Å². The summed E-state index contributed by atoms with van der Waals surface area (Å²) in [7, 11) is 1.65. The summed E-state index contributed by atoms with van der Waals surface area (Å²) in [4.78, 5) is 4.80. The van der Waals surface area contributed by atoms with Gasteiger partial charge in [0.2, 0.25) is 0 Å². The molecule has 1 heterocycles. The van der Waals surface area contributed by atoms with E-state index in [1.807, 2.05) is 67.6 Å². The fraction of sp³-hybridized carbons (Fsp3) is 0.269. The molecule has 4 aromatic rings. The zero-order chi connectivity index (χ0) is 22.3. The Morgan fingerprint density at radius 3 is 2.41 bits per heavy atom. The van der Waals surface area contributed by atoms with E-state index in [1.54, 1.807) is 7.11 Å². The number of unbranched alkanes of at least 4 members (excludes halogenated alkanes) is 1. The van der Waals surface area contributed by atoms with Gasteiger partial charge in [0, 0.05) is 11.6 Å². The Morgan fingerprint density at radius 2 is 1.62 bits per heavy atom. The topological polar surface area (TPSA) is 45.5 Å². The second-order valence-corrected chi connectivity index (χ2v) is 8.01. The van der Waals surface area contributed by atoms with Crippen LogP contribution in [-0.2, 0) is 13.2 Å². The third-order valence-electron chi connectivity index (χ3n) is 5.34. The van der Waals surface area contributed by atoms with Crippen LogP contribution in [0.25, 0.3) is 11.0 Å². The predicted octanol–water partition coefficient (Wildman–Crippen LogP) is 6.44. The van der Waals surface area contributed by atoms with Crippen molar-refractivity contribution in [2.24, 2.45) is 0 Å². The maximum Gasteiger partial charge on any atom is 0.147 e. The molecule has 0 spiro atoms. The Morgan fingerprint density at radius 1 is 0.875 bits per heavy atom. The SMILES string of the molecule is COc1ccc(OCc2nc3ccccc3n2CCCCOc2ccc(Cl)c(C)c2)cc1. The highest BCUT2D eigenvalue weighted by Crippen LogP contribution is 2.23. The Kier molecular flexibility index (Phi) is 7.17. The Bertz CT molecular complexity index is 1170. The number of para-hydroxylation sites is 2. The molecule has 0 radical (unpaired) electrons. The lowest BCUT2D eigenvalue weighted by Gasteiger charge is -2.12. The molecule has 0 saturated carbocycles. The first-order valence-corrected chi connectivity index (χ1v) is 11.1. The molecule has 32 heavy (non-hydrogen) atoms. The predicted molar refractivity (Wildman–Crippen MR) is 128 cm³/mol. The minimum atomic E-state index is 0.404. The van der Waals surface area contributed by atoms with Crippen molar-refractivity contribution >= 4 is 22.6 Å². The van der Waals surface area contributed by atoms with Gasteiger partial charge in [-0.1, -0.05) is 23.7 Å². The fourth-order valence-electron chi connectivity index (χ4n) is 3.57. The minimum Gasteiger partial charge on any atom is -0.497 e. The molecule has 0 atom stereocenters. The van der Waals surface area contributed by atoms with E-state index in [0.29, 0.717) is 13.2 Å². The molecule has 0 aliphatic heterocycles. The van der Waals surface area contributed by atoms with E-state index in [4.69, 9.17) is 30.8 Å². The molecule has 0 bridgehead atoms. The standard InChI is InChI=1S/C26H27ClN2O3/c1-19-17-22(13-14-23(19)27)31-16-6-5-15-29-25-8-4-3-7-24(25)28-26(29)18-32-21-11-9-20(30-2)10-12-21/h3-4,7-14,17H,5-6,15-16,18H2,1-2H3. The third-order valence-corrected chi connectivity index (χ3v) is 5.76. The first kappa shape index (κ1) is 22.0. The number of rotatable bonds is 10. The number of benzene rings is 3. The molecule has 0 fully saturated rings. The molecule has 3 aromatic carbocycles. The molecule has 0 N–H and O–H groups in total. The van der Waals surface area contributed by atoms with E-state index >= 15 is 0 Å². The molecule has 0 amide bonds. The lowest BCUT2D eigenvalue weighted by Crippen LogP contribution is -2.09. The van der Waals surface area contributed by atoms with Gasteiger partial charge in [0.1, 0.15) is 29.7 Å². The highest BCUT2D eigenvalue weighted by atomic mass is 35.5. The van der Waals surface area contributed by atoms with Crippen LogP contribution in [-0.4, -0.2) is 23.3 Å². The van der Waals surface area contributed by atoms with Crippen molar-refractivity contribution in [2.45, 2.75) is 32.9 Å². The summed E-state index contributed by atoms with van der Waals surface area (Å²) in [6.07, 6.45) is 1.91. The van der Waals surface area contributed by atoms with Gasteiger partial charge in [-0.05, 0) is 79.9 Å². The quantitative estimate of drug-likeness (QED) is 0.260. The van der Waals surface area contributed by atoms with E-state index in [9.17, 15) is 0 Å². The van der Waals surface area contributed by atoms with Crippen molar-refractivity contribution < 1.29 is 14.2 Å². The summed E-state index contributed by atoms with van der Waals surface area (Å²) in [5, 5.41) is 0.758. The monoisotopic (exact) mass is 450 g/mol. The summed E-state index contributed by atoms with van der Waals surface area (Å²) in [6.45, 7) is 3.90. The van der Waals surface area contributed by atoms with Crippen molar-refractivity contribution in [3.63, 3.8) is 0 Å². The van der Waals surface area contributed by atoms with Gasteiger partial charge in [0.05, 0.1) is 24.8 Å². The maximum absolute atomic E-state index is 6.08. The smallest absolute Gasteiger partial charge is 0.147 e. The van der Waals surface area contributed by atoms with E-state index in [0.717, 1.165) is 64.1 Å². The van der Waals surface area contributed by atoms with Gasteiger partial charge in [-0.2, -0.15) is 0 Å². The van der Waals surface area contributed by atoms with Gasteiger partial charge >= 0.3 is 0 Å². The van der Waals surface area contributed by atoms with Gasteiger partial charge in [0.25, 0.3) is 0 Å². The number of hydrogen-bond acceptors (Lipinski definition) is 4. The van der Waals surface area contributed by atoms with Gasteiger partial charge < -0.3 is 18.8 Å². The van der Waals surface area contributed by atoms with Crippen LogP contribution in [0, 0.1) is 6.92 Å². The molecular formula is C26H27ClN2O3. The molecule has 0 saturated heterocycles. The van der Waals surface area contributed by atoms with Crippen LogP contribution in [0.15, 0.2) is 66.7 Å². The van der Waals surface area contributed by atoms with Crippen LogP contribution in [0.3, 0.4) is 0 Å². The normalized spacial score (nSPS) is 11.0. The second-order valence-electron chi connectivity index (χ2n) is 7.60. The zero-order valence-electron chi connectivity index (χ0n) is 18.4. The molecular weight excluding hydrogens is 424 g/mol. The van der Waals surface area contributed by atoms with Gasteiger partial charge in [-0.3, -0.25) is 0 Å². The third kappa shape index (κ3) is 5.35. The number of hydrogen-bond donors (Lipinski definition) is 0. The highest BCUT2D eigenvalue weighted by Gasteiger charge is 2.11. The molecule has 4 rings (SSSR count). The summed E-state index contributed by atoms with van der Waals surface area (Å²) in [5.41, 5.74) is 3.12. The number of ether oxygens (including phenoxy) is 3.